The first-order valence-corrected chi connectivity index (χ1v) is 12.6. The van der Waals surface area contributed by atoms with Crippen molar-refractivity contribution in [3.05, 3.63) is 80.0 Å². The molecule has 0 amide bonds. The van der Waals surface area contributed by atoms with Gasteiger partial charge < -0.3 is 0 Å². The van der Waals surface area contributed by atoms with Crippen LogP contribution in [0.5, 0.6) is 0 Å². The van der Waals surface area contributed by atoms with Gasteiger partial charge in [0.1, 0.15) is 124 Å². The number of benzene rings is 4. The van der Waals surface area contributed by atoms with Gasteiger partial charge in [-0.3, -0.25) is 0 Å². The van der Waals surface area contributed by atoms with Crippen LogP contribution in [0.3, 0.4) is 0 Å². The predicted octanol–water partition coefficient (Wildman–Crippen LogP) is 6.40. The van der Waals surface area contributed by atoms with Crippen molar-refractivity contribution in [2.75, 3.05) is 0 Å². The molecule has 7 rings (SSSR count). The molecule has 222 valence electrons. The first-order chi connectivity index (χ1) is 23.1. The molecule has 0 bridgehead atoms. The summed E-state index contributed by atoms with van der Waals surface area (Å²) in [7, 11) is 0. The minimum atomic E-state index is -1.50. The van der Waals surface area contributed by atoms with E-state index in [0.717, 1.165) is 0 Å². The van der Waals surface area contributed by atoms with Crippen LogP contribution in [-0.2, 0) is 0 Å². The van der Waals surface area contributed by atoms with E-state index in [-0.39, 0.29) is 0 Å². The van der Waals surface area contributed by atoms with Crippen LogP contribution in [0.4, 0.5) is 37.7 Å². The van der Waals surface area contributed by atoms with E-state index in [4.69, 9.17) is 13.1 Å². The molecule has 4 aromatic carbocycles. The van der Waals surface area contributed by atoms with E-state index in [1.54, 1.807) is 0 Å². The Bertz CT molecular complexity index is 2490. The zero-order valence-corrected chi connectivity index (χ0v) is 22.6. The highest BCUT2D eigenvalue weighted by atomic mass is 19.1. The molecule has 0 radical (unpaired) electrons. The van der Waals surface area contributed by atoms with Gasteiger partial charge in [0.25, 0.3) is 0 Å². The third kappa shape index (κ3) is 3.43. The molecular formula is C30F6N12. The largest absolute Gasteiger partial charge is 0.247 e. The van der Waals surface area contributed by atoms with Gasteiger partial charge in [-0.25, -0.2) is 65.9 Å². The molecule has 3 heterocycles. The van der Waals surface area contributed by atoms with Gasteiger partial charge in [0, 0.05) is 0 Å². The molecule has 18 heteroatoms. The van der Waals surface area contributed by atoms with E-state index in [1.807, 2.05) is 0 Å². The number of aromatic nitrogens is 6. The topological polar surface area (TPSA) is 181 Å². The van der Waals surface area contributed by atoms with E-state index in [2.05, 4.69) is 39.6 Å². The van der Waals surface area contributed by atoms with Gasteiger partial charge in [-0.1, -0.05) is 0 Å². The highest BCUT2D eigenvalue weighted by molar-refractivity contribution is 6.21. The first-order valence-electron chi connectivity index (χ1n) is 12.6. The van der Waals surface area contributed by atoms with Crippen LogP contribution in [-0.4, -0.2) is 29.9 Å². The number of rotatable bonds is 0. The summed E-state index contributed by atoms with van der Waals surface area (Å²) >= 11 is 0. The molecule has 3 aromatic heterocycles. The van der Waals surface area contributed by atoms with Crippen molar-refractivity contribution < 1.29 is 26.3 Å². The lowest BCUT2D eigenvalue weighted by Crippen LogP contribution is -2.06. The normalized spacial score (nSPS) is 11.0. The molecule has 0 saturated carbocycles. The van der Waals surface area contributed by atoms with Gasteiger partial charge in [-0.2, -0.15) is 21.0 Å². The molecule has 0 spiro atoms. The second kappa shape index (κ2) is 9.85. The highest BCUT2D eigenvalue weighted by Gasteiger charge is 2.30. The average molecular weight is 642 g/mol. The SMILES string of the molecule is [C-]#[N+]c1c([N+]#[C-])c(F)c2nc3c4nc5c(F)c(C#N)c(C#N)c(F)c5nc4c4nc5c(F)c(C#N)c(C#N)c(F)c5nc4c3nc2c1F. The summed E-state index contributed by atoms with van der Waals surface area (Å²) in [5.74, 6) is -9.00. The lowest BCUT2D eigenvalue weighted by atomic mass is 10.0. The number of halogens is 6. The van der Waals surface area contributed by atoms with Gasteiger partial charge in [0.05, 0.1) is 13.1 Å². The standard InChI is InChI=1S/C30F6N12/c1-41-17-15(35)23-24(16(36)18(17)42-2)48-30-28-26(44-20-12(32)8(4-38)10(6-40)14(34)22(20)46-28)25-27(29(30)47-23)45-21-13(33)9(5-39)7(3-37)11(31)19(21)43-25. The van der Waals surface area contributed by atoms with Crippen LogP contribution >= 0.6 is 0 Å². The summed E-state index contributed by atoms with van der Waals surface area (Å²) < 4.78 is 93.2. The Morgan fingerprint density at radius 1 is 0.354 bits per heavy atom. The summed E-state index contributed by atoms with van der Waals surface area (Å²) in [6.07, 6.45) is 0. The molecule has 0 fully saturated rings. The fourth-order valence-electron chi connectivity index (χ4n) is 5.18. The van der Waals surface area contributed by atoms with Gasteiger partial charge in [0.2, 0.25) is 11.4 Å². The van der Waals surface area contributed by atoms with Gasteiger partial charge >= 0.3 is 0 Å². The molecule has 0 aliphatic heterocycles. The number of hydrogen-bond acceptors (Lipinski definition) is 10. The van der Waals surface area contributed by atoms with Crippen molar-refractivity contribution in [2.45, 2.75) is 0 Å². The van der Waals surface area contributed by atoms with Crippen molar-refractivity contribution in [3.8, 4) is 24.3 Å². The number of hydrogen-bond donors (Lipinski definition) is 0. The maximum atomic E-state index is 15.5. The van der Waals surface area contributed by atoms with E-state index < -0.39 is 135 Å². The van der Waals surface area contributed by atoms with Crippen molar-refractivity contribution in [1.82, 2.24) is 29.9 Å². The van der Waals surface area contributed by atoms with E-state index in [0.29, 0.717) is 0 Å². The number of nitrogens with zero attached hydrogens (tertiary/aromatic N) is 12. The van der Waals surface area contributed by atoms with Crippen molar-refractivity contribution >= 4 is 77.6 Å². The van der Waals surface area contributed by atoms with E-state index >= 15 is 26.3 Å². The second-order valence-electron chi connectivity index (χ2n) is 9.61. The summed E-state index contributed by atoms with van der Waals surface area (Å²) in [6, 6.07) is 5.40. The smallest absolute Gasteiger partial charge is 0.234 e. The summed E-state index contributed by atoms with van der Waals surface area (Å²) in [5.41, 5.74) is -15.5. The van der Waals surface area contributed by atoms with Crippen LogP contribution in [0.15, 0.2) is 0 Å². The molecule has 0 saturated heterocycles. The zero-order valence-electron chi connectivity index (χ0n) is 22.6. The lowest BCUT2D eigenvalue weighted by Gasteiger charge is -2.13. The minimum Gasteiger partial charge on any atom is -0.247 e. The van der Waals surface area contributed by atoms with Gasteiger partial charge in [0.15, 0.2) is 23.3 Å². The molecule has 0 aliphatic rings. The molecule has 7 aromatic rings. The zero-order chi connectivity index (χ0) is 34.3. The monoisotopic (exact) mass is 642 g/mol. The number of fused-ring (bicyclic) bond motifs is 9. The Balaban J connectivity index is 1.85. The fraction of sp³-hybridized carbons (Fsp3) is 0. The molecule has 0 N–H and O–H groups in total. The third-order valence-corrected chi connectivity index (χ3v) is 7.30. The van der Waals surface area contributed by atoms with Crippen LogP contribution < -0.4 is 0 Å². The van der Waals surface area contributed by atoms with Crippen LogP contribution in [0.2, 0.25) is 0 Å². The van der Waals surface area contributed by atoms with Gasteiger partial charge in [-0.05, 0) is 0 Å². The minimum absolute atomic E-state index is 0.601. The Hall–Kier alpha value is -7.80. The average Bonchev–Trinajstić information content (AvgIpc) is 3.10. The van der Waals surface area contributed by atoms with E-state index in [9.17, 15) is 21.0 Å². The third-order valence-electron chi connectivity index (χ3n) is 7.30. The molecule has 0 atom stereocenters. The predicted molar refractivity (Wildman–Crippen MR) is 149 cm³/mol. The first kappa shape index (κ1) is 28.9. The van der Waals surface area contributed by atoms with Crippen molar-refractivity contribution in [1.29, 1.82) is 21.0 Å². The molecular weight excluding hydrogens is 642 g/mol. The molecule has 48 heavy (non-hydrogen) atoms. The summed E-state index contributed by atoms with van der Waals surface area (Å²) in [6.45, 7) is 14.5. The quantitative estimate of drug-likeness (QED) is 0.0777. The molecule has 0 unspecified atom stereocenters. The Kier molecular flexibility index (Phi) is 5.94. The van der Waals surface area contributed by atoms with Crippen LogP contribution in [0.1, 0.15) is 22.3 Å². The Morgan fingerprint density at radius 3 is 0.708 bits per heavy atom. The maximum absolute atomic E-state index is 15.5. The Morgan fingerprint density at radius 2 is 0.542 bits per heavy atom. The maximum Gasteiger partial charge on any atom is 0.234 e. The number of nitriles is 4. The lowest BCUT2D eigenvalue weighted by molar-refractivity contribution is 0.607. The van der Waals surface area contributed by atoms with Crippen LogP contribution in [0, 0.1) is 93.4 Å². The molecule has 12 nitrogen and oxygen atoms in total. The van der Waals surface area contributed by atoms with E-state index in [1.165, 1.54) is 24.3 Å². The van der Waals surface area contributed by atoms with Gasteiger partial charge in [-0.15, -0.1) is 0 Å². The van der Waals surface area contributed by atoms with Crippen LogP contribution in [0.25, 0.3) is 75.9 Å². The van der Waals surface area contributed by atoms with Crippen molar-refractivity contribution in [2.24, 2.45) is 0 Å². The summed E-state index contributed by atoms with van der Waals surface area (Å²) in [5, 5.41) is 37.6. The Labute approximate surface area is 259 Å². The second-order valence-corrected chi connectivity index (χ2v) is 9.61. The molecule has 0 aliphatic carbocycles. The highest BCUT2D eigenvalue weighted by Crippen LogP contribution is 2.42. The summed E-state index contributed by atoms with van der Waals surface area (Å²) in [4.78, 5) is 29.8. The van der Waals surface area contributed by atoms with Crippen molar-refractivity contribution in [3.63, 3.8) is 0 Å². The fourth-order valence-corrected chi connectivity index (χ4v) is 5.18.